The molecule has 1 aromatic carbocycles. The van der Waals surface area contributed by atoms with Gasteiger partial charge in [-0.05, 0) is 39.0 Å². The number of hydrogen-bond donors (Lipinski definition) is 2. The van der Waals surface area contributed by atoms with Crippen LogP contribution in [0, 0.1) is 0 Å². The molecule has 0 fully saturated rings. The van der Waals surface area contributed by atoms with E-state index in [9.17, 15) is 0 Å². The standard InChI is InChI=1S/C12H15Cl2N5/c1-12(2,3)17-11-16-10(15)19(18-11)9-5-4-7(13)6-8(9)14/h4-6H,1-3H3,(H3,15,16,17,18). The lowest BCUT2D eigenvalue weighted by molar-refractivity contribution is 0.625. The summed E-state index contributed by atoms with van der Waals surface area (Å²) in [5.74, 6) is 0.715. The molecule has 102 valence electrons. The molecular formula is C12H15Cl2N5. The SMILES string of the molecule is CC(C)(C)Nc1nc(N)n(-c2ccc(Cl)cc2Cl)n1. The first-order valence-corrected chi connectivity index (χ1v) is 6.48. The molecule has 0 saturated carbocycles. The summed E-state index contributed by atoms with van der Waals surface area (Å²) in [7, 11) is 0. The molecule has 5 nitrogen and oxygen atoms in total. The molecule has 0 atom stereocenters. The Kier molecular flexibility index (Phi) is 3.60. The maximum absolute atomic E-state index is 6.13. The summed E-state index contributed by atoms with van der Waals surface area (Å²) >= 11 is 12.0. The van der Waals surface area contributed by atoms with E-state index in [4.69, 9.17) is 28.9 Å². The number of rotatable bonds is 2. The predicted molar refractivity (Wildman–Crippen MR) is 79.2 cm³/mol. The van der Waals surface area contributed by atoms with E-state index in [0.29, 0.717) is 21.7 Å². The van der Waals surface area contributed by atoms with Crippen molar-refractivity contribution in [3.8, 4) is 5.69 Å². The molecule has 19 heavy (non-hydrogen) atoms. The highest BCUT2D eigenvalue weighted by Gasteiger charge is 2.16. The molecule has 0 radical (unpaired) electrons. The molecule has 1 aromatic heterocycles. The molecule has 0 aliphatic heterocycles. The summed E-state index contributed by atoms with van der Waals surface area (Å²) in [5.41, 5.74) is 6.34. The molecule has 1 heterocycles. The molecule has 0 spiro atoms. The van der Waals surface area contributed by atoms with Gasteiger partial charge in [0.25, 0.3) is 0 Å². The van der Waals surface area contributed by atoms with Crippen molar-refractivity contribution in [3.05, 3.63) is 28.2 Å². The van der Waals surface area contributed by atoms with Gasteiger partial charge in [0.05, 0.1) is 10.7 Å². The van der Waals surface area contributed by atoms with Crippen molar-refractivity contribution in [2.75, 3.05) is 11.1 Å². The fraction of sp³-hybridized carbons (Fsp3) is 0.333. The average molecular weight is 300 g/mol. The number of nitrogens with zero attached hydrogens (tertiary/aromatic N) is 3. The van der Waals surface area contributed by atoms with Gasteiger partial charge in [0.1, 0.15) is 0 Å². The van der Waals surface area contributed by atoms with Crippen LogP contribution in [0.25, 0.3) is 5.69 Å². The molecule has 0 amide bonds. The number of aromatic nitrogens is 3. The second kappa shape index (κ2) is 4.90. The van der Waals surface area contributed by atoms with E-state index >= 15 is 0 Å². The molecule has 3 N–H and O–H groups in total. The summed E-state index contributed by atoms with van der Waals surface area (Å²) in [6, 6.07) is 5.10. The lowest BCUT2D eigenvalue weighted by Gasteiger charge is -2.18. The molecule has 0 saturated heterocycles. The number of hydrogen-bond acceptors (Lipinski definition) is 4. The molecular weight excluding hydrogens is 285 g/mol. The smallest absolute Gasteiger partial charge is 0.244 e. The summed E-state index contributed by atoms with van der Waals surface area (Å²) in [6.07, 6.45) is 0. The fourth-order valence-electron chi connectivity index (χ4n) is 1.54. The van der Waals surface area contributed by atoms with Crippen LogP contribution in [0.5, 0.6) is 0 Å². The predicted octanol–water partition coefficient (Wildman–Crippen LogP) is 3.37. The van der Waals surface area contributed by atoms with E-state index in [0.717, 1.165) is 0 Å². The summed E-state index contributed by atoms with van der Waals surface area (Å²) in [4.78, 5) is 4.16. The van der Waals surface area contributed by atoms with E-state index < -0.39 is 0 Å². The van der Waals surface area contributed by atoms with Gasteiger partial charge in [-0.25, -0.2) is 0 Å². The van der Waals surface area contributed by atoms with Gasteiger partial charge >= 0.3 is 0 Å². The van der Waals surface area contributed by atoms with E-state index in [2.05, 4.69) is 15.4 Å². The van der Waals surface area contributed by atoms with Crippen LogP contribution in [0.3, 0.4) is 0 Å². The van der Waals surface area contributed by atoms with Crippen molar-refractivity contribution >= 4 is 35.1 Å². The van der Waals surface area contributed by atoms with E-state index in [-0.39, 0.29) is 11.5 Å². The third-order valence-electron chi connectivity index (χ3n) is 2.26. The van der Waals surface area contributed by atoms with Crippen LogP contribution in [0.1, 0.15) is 20.8 Å². The van der Waals surface area contributed by atoms with Crippen molar-refractivity contribution in [2.24, 2.45) is 0 Å². The quantitative estimate of drug-likeness (QED) is 0.892. The lowest BCUT2D eigenvalue weighted by Crippen LogP contribution is -2.26. The average Bonchev–Trinajstić information content (AvgIpc) is 2.56. The Morgan fingerprint density at radius 2 is 1.95 bits per heavy atom. The Morgan fingerprint density at radius 3 is 2.53 bits per heavy atom. The van der Waals surface area contributed by atoms with Crippen LogP contribution in [-0.4, -0.2) is 20.3 Å². The topological polar surface area (TPSA) is 68.8 Å². The van der Waals surface area contributed by atoms with Crippen LogP contribution in [0.2, 0.25) is 10.0 Å². The highest BCUT2D eigenvalue weighted by atomic mass is 35.5. The van der Waals surface area contributed by atoms with Crippen LogP contribution in [-0.2, 0) is 0 Å². The number of nitrogens with two attached hydrogens (primary N) is 1. The van der Waals surface area contributed by atoms with Crippen LogP contribution < -0.4 is 11.1 Å². The third kappa shape index (κ3) is 3.30. The zero-order valence-electron chi connectivity index (χ0n) is 10.9. The van der Waals surface area contributed by atoms with Gasteiger partial charge in [-0.2, -0.15) is 9.67 Å². The molecule has 2 rings (SSSR count). The number of anilines is 2. The van der Waals surface area contributed by atoms with Gasteiger partial charge in [-0.3, -0.25) is 0 Å². The maximum Gasteiger partial charge on any atom is 0.244 e. The van der Waals surface area contributed by atoms with E-state index in [1.54, 1.807) is 18.2 Å². The maximum atomic E-state index is 6.13. The Bertz CT molecular complexity index is 601. The van der Waals surface area contributed by atoms with Crippen LogP contribution in [0.15, 0.2) is 18.2 Å². The van der Waals surface area contributed by atoms with Crippen molar-refractivity contribution in [1.29, 1.82) is 0 Å². The molecule has 0 bridgehead atoms. The van der Waals surface area contributed by atoms with Gasteiger partial charge in [0.15, 0.2) is 0 Å². The van der Waals surface area contributed by atoms with Gasteiger partial charge in [0, 0.05) is 10.6 Å². The van der Waals surface area contributed by atoms with Crippen molar-refractivity contribution in [1.82, 2.24) is 14.8 Å². The van der Waals surface area contributed by atoms with Crippen LogP contribution in [0.4, 0.5) is 11.9 Å². The molecule has 0 aliphatic rings. The van der Waals surface area contributed by atoms with Gasteiger partial charge in [-0.1, -0.05) is 23.2 Å². The first-order valence-electron chi connectivity index (χ1n) is 5.72. The normalized spacial score (nSPS) is 11.6. The Morgan fingerprint density at radius 1 is 1.26 bits per heavy atom. The number of nitrogens with one attached hydrogen (secondary N) is 1. The van der Waals surface area contributed by atoms with Gasteiger partial charge in [-0.15, -0.1) is 5.10 Å². The molecule has 0 aliphatic carbocycles. The first-order chi connectivity index (χ1) is 8.76. The summed E-state index contributed by atoms with van der Waals surface area (Å²) < 4.78 is 1.48. The highest BCUT2D eigenvalue weighted by molar-refractivity contribution is 6.35. The van der Waals surface area contributed by atoms with Gasteiger partial charge in [0.2, 0.25) is 11.9 Å². The van der Waals surface area contributed by atoms with E-state index in [1.165, 1.54) is 4.68 Å². The summed E-state index contributed by atoms with van der Waals surface area (Å²) in [6.45, 7) is 6.04. The van der Waals surface area contributed by atoms with Crippen molar-refractivity contribution in [2.45, 2.75) is 26.3 Å². The minimum Gasteiger partial charge on any atom is -0.368 e. The summed E-state index contributed by atoms with van der Waals surface area (Å²) in [5, 5.41) is 8.47. The van der Waals surface area contributed by atoms with Gasteiger partial charge < -0.3 is 11.1 Å². The highest BCUT2D eigenvalue weighted by Crippen LogP contribution is 2.26. The number of benzene rings is 1. The minimum atomic E-state index is -0.150. The monoisotopic (exact) mass is 299 g/mol. The first kappa shape index (κ1) is 14.0. The fourth-order valence-corrected chi connectivity index (χ4v) is 2.03. The number of halogens is 2. The van der Waals surface area contributed by atoms with Crippen LogP contribution >= 0.6 is 23.2 Å². The third-order valence-corrected chi connectivity index (χ3v) is 2.79. The second-order valence-electron chi connectivity index (χ2n) is 5.18. The zero-order valence-corrected chi connectivity index (χ0v) is 12.4. The largest absolute Gasteiger partial charge is 0.368 e. The Balaban J connectivity index is 2.40. The molecule has 0 unspecified atom stereocenters. The van der Waals surface area contributed by atoms with E-state index in [1.807, 2.05) is 20.8 Å². The number of nitrogen functional groups attached to an aromatic ring is 1. The molecule has 2 aromatic rings. The lowest BCUT2D eigenvalue weighted by atomic mass is 10.1. The minimum absolute atomic E-state index is 0.150. The molecule has 7 heteroatoms. The Labute approximate surface area is 121 Å². The second-order valence-corrected chi connectivity index (χ2v) is 6.02. The van der Waals surface area contributed by atoms with Crippen molar-refractivity contribution in [3.63, 3.8) is 0 Å². The zero-order chi connectivity index (χ0) is 14.2. The Hall–Kier alpha value is -1.46. The van der Waals surface area contributed by atoms with Crippen molar-refractivity contribution < 1.29 is 0 Å².